The highest BCUT2D eigenvalue weighted by molar-refractivity contribution is 6.46. The molecule has 0 heterocycles. The number of ether oxygens (including phenoxy) is 1. The van der Waals surface area contributed by atoms with E-state index in [0.29, 0.717) is 19.4 Å². The molecule has 6 heteroatoms. The number of halogens is 2. The molecule has 0 spiro atoms. The van der Waals surface area contributed by atoms with Gasteiger partial charge >= 0.3 is 5.97 Å². The maximum atomic E-state index is 11.2. The number of methoxy groups -OCH3 is 1. The molecule has 0 aromatic rings. The van der Waals surface area contributed by atoms with Gasteiger partial charge in [0.1, 0.15) is 10.4 Å². The van der Waals surface area contributed by atoms with Crippen molar-refractivity contribution in [2.24, 2.45) is 11.5 Å². The maximum absolute atomic E-state index is 11.2. The first-order valence-corrected chi connectivity index (χ1v) is 4.71. The molecule has 0 aromatic carbocycles. The summed E-state index contributed by atoms with van der Waals surface area (Å²) >= 11 is 11.2. The third-order valence-electron chi connectivity index (χ3n) is 1.75. The van der Waals surface area contributed by atoms with Gasteiger partial charge in [-0.2, -0.15) is 0 Å². The van der Waals surface area contributed by atoms with Crippen molar-refractivity contribution in [2.75, 3.05) is 13.7 Å². The van der Waals surface area contributed by atoms with Crippen LogP contribution in [0.4, 0.5) is 0 Å². The van der Waals surface area contributed by atoms with Crippen LogP contribution in [0.3, 0.4) is 0 Å². The van der Waals surface area contributed by atoms with Gasteiger partial charge in [0.2, 0.25) is 0 Å². The molecule has 0 saturated heterocycles. The zero-order valence-corrected chi connectivity index (χ0v) is 8.94. The van der Waals surface area contributed by atoms with Gasteiger partial charge in [0.15, 0.2) is 0 Å². The largest absolute Gasteiger partial charge is 0.468 e. The Kier molecular flexibility index (Phi) is 5.64. The van der Waals surface area contributed by atoms with Gasteiger partial charge in [-0.05, 0) is 19.4 Å². The lowest BCUT2D eigenvalue weighted by Crippen LogP contribution is -2.54. The average Bonchev–Trinajstić information content (AvgIpc) is 2.12. The van der Waals surface area contributed by atoms with E-state index in [1.54, 1.807) is 0 Å². The number of hydrogen-bond acceptors (Lipinski definition) is 4. The third kappa shape index (κ3) is 3.31. The van der Waals surface area contributed by atoms with E-state index in [2.05, 4.69) is 4.74 Å². The molecule has 0 aliphatic rings. The molecule has 0 saturated carbocycles. The number of esters is 1. The molecule has 4 N–H and O–H groups in total. The highest BCUT2D eigenvalue weighted by atomic mass is 35.5. The first kappa shape index (κ1) is 13.0. The summed E-state index contributed by atoms with van der Waals surface area (Å²) in [4.78, 5) is 10.2. The standard InChI is InChI=1S/C7H14Cl2N2O2/c1-13-6(12)7(11,5(8)9)3-2-4-10/h5H,2-4,10-11H2,1H3/t7-/m1/s1. The van der Waals surface area contributed by atoms with Gasteiger partial charge in [-0.3, -0.25) is 0 Å². The minimum absolute atomic E-state index is 0.313. The molecule has 0 aliphatic heterocycles. The second kappa shape index (κ2) is 5.65. The molecule has 78 valence electrons. The number of carbonyl (C=O) groups excluding carboxylic acids is 1. The van der Waals surface area contributed by atoms with E-state index >= 15 is 0 Å². The van der Waals surface area contributed by atoms with Crippen LogP contribution in [0, 0.1) is 0 Å². The smallest absolute Gasteiger partial charge is 0.328 e. The quantitative estimate of drug-likeness (QED) is 0.528. The van der Waals surface area contributed by atoms with E-state index in [0.717, 1.165) is 0 Å². The van der Waals surface area contributed by atoms with Gasteiger partial charge in [-0.1, -0.05) is 0 Å². The molecule has 1 atom stereocenters. The van der Waals surface area contributed by atoms with Crippen molar-refractivity contribution < 1.29 is 9.53 Å². The van der Waals surface area contributed by atoms with E-state index < -0.39 is 16.3 Å². The third-order valence-corrected chi connectivity index (χ3v) is 2.53. The van der Waals surface area contributed by atoms with Gasteiger partial charge in [-0.25, -0.2) is 4.79 Å². The normalized spacial score (nSPS) is 15.5. The van der Waals surface area contributed by atoms with Crippen LogP contribution in [0.2, 0.25) is 0 Å². The Morgan fingerprint density at radius 1 is 1.62 bits per heavy atom. The Bertz CT molecular complexity index is 178. The monoisotopic (exact) mass is 228 g/mol. The second-order valence-electron chi connectivity index (χ2n) is 2.72. The Morgan fingerprint density at radius 3 is 2.46 bits per heavy atom. The van der Waals surface area contributed by atoms with Crippen molar-refractivity contribution in [1.82, 2.24) is 0 Å². The van der Waals surface area contributed by atoms with Crippen LogP contribution in [-0.2, 0) is 9.53 Å². The summed E-state index contributed by atoms with van der Waals surface area (Å²) < 4.78 is 4.50. The number of nitrogens with two attached hydrogens (primary N) is 2. The molecule has 0 aliphatic carbocycles. The van der Waals surface area contributed by atoms with Crippen LogP contribution < -0.4 is 11.5 Å². The summed E-state index contributed by atoms with van der Waals surface area (Å²) in [5.41, 5.74) is 9.62. The van der Waals surface area contributed by atoms with Crippen LogP contribution in [0.25, 0.3) is 0 Å². The predicted octanol–water partition coefficient (Wildman–Crippen LogP) is 0.399. The van der Waals surface area contributed by atoms with Gasteiger partial charge in [-0.15, -0.1) is 23.2 Å². The molecule has 0 radical (unpaired) electrons. The zero-order chi connectivity index (χ0) is 10.5. The summed E-state index contributed by atoms with van der Waals surface area (Å²) in [6, 6.07) is 0. The molecule has 0 rings (SSSR count). The van der Waals surface area contributed by atoms with Crippen molar-refractivity contribution in [3.8, 4) is 0 Å². The molecule has 0 bridgehead atoms. The van der Waals surface area contributed by atoms with Crippen molar-refractivity contribution in [1.29, 1.82) is 0 Å². The maximum Gasteiger partial charge on any atom is 0.328 e. The first-order chi connectivity index (χ1) is 5.99. The van der Waals surface area contributed by atoms with Gasteiger partial charge < -0.3 is 16.2 Å². The van der Waals surface area contributed by atoms with E-state index in [-0.39, 0.29) is 0 Å². The van der Waals surface area contributed by atoms with Crippen LogP contribution in [0.1, 0.15) is 12.8 Å². The summed E-state index contributed by atoms with van der Waals surface area (Å²) in [5.74, 6) is -0.615. The van der Waals surface area contributed by atoms with Gasteiger partial charge in [0.05, 0.1) is 7.11 Å². The Labute approximate surface area is 87.5 Å². The molecule has 0 fully saturated rings. The van der Waals surface area contributed by atoms with Crippen LogP contribution >= 0.6 is 23.2 Å². The predicted molar refractivity (Wildman–Crippen MR) is 52.7 cm³/mol. The fourth-order valence-corrected chi connectivity index (χ4v) is 1.28. The lowest BCUT2D eigenvalue weighted by Gasteiger charge is -2.27. The summed E-state index contributed by atoms with van der Waals surface area (Å²) in [7, 11) is 1.24. The van der Waals surface area contributed by atoms with Crippen LogP contribution in [0.15, 0.2) is 0 Å². The van der Waals surface area contributed by atoms with E-state index in [9.17, 15) is 4.79 Å². The molecule has 0 amide bonds. The zero-order valence-electron chi connectivity index (χ0n) is 7.43. The minimum Gasteiger partial charge on any atom is -0.468 e. The summed E-state index contributed by atoms with van der Waals surface area (Å²) in [6.07, 6.45) is 0.884. The highest BCUT2D eigenvalue weighted by Crippen LogP contribution is 2.24. The average molecular weight is 229 g/mol. The van der Waals surface area contributed by atoms with Crippen molar-refractivity contribution in [3.63, 3.8) is 0 Å². The Balaban J connectivity index is 4.43. The fourth-order valence-electron chi connectivity index (χ4n) is 0.885. The molecular formula is C7H14Cl2N2O2. The van der Waals surface area contributed by atoms with E-state index in [1.165, 1.54) is 7.11 Å². The first-order valence-electron chi connectivity index (χ1n) is 3.84. The van der Waals surface area contributed by atoms with Crippen molar-refractivity contribution >= 4 is 29.2 Å². The van der Waals surface area contributed by atoms with Gasteiger partial charge in [0.25, 0.3) is 0 Å². The molecular weight excluding hydrogens is 215 g/mol. The van der Waals surface area contributed by atoms with E-state index in [4.69, 9.17) is 34.7 Å². The lowest BCUT2D eigenvalue weighted by molar-refractivity contribution is -0.146. The number of hydrogen-bond donors (Lipinski definition) is 2. The number of alkyl halides is 2. The van der Waals surface area contributed by atoms with E-state index in [1.807, 2.05) is 0 Å². The molecule has 0 unspecified atom stereocenters. The molecule has 0 aromatic heterocycles. The number of rotatable bonds is 5. The van der Waals surface area contributed by atoms with Crippen molar-refractivity contribution in [2.45, 2.75) is 23.2 Å². The topological polar surface area (TPSA) is 78.3 Å². The van der Waals surface area contributed by atoms with Gasteiger partial charge in [0, 0.05) is 0 Å². The minimum atomic E-state index is -1.35. The molecule has 4 nitrogen and oxygen atoms in total. The second-order valence-corrected chi connectivity index (χ2v) is 3.82. The Morgan fingerprint density at radius 2 is 2.15 bits per heavy atom. The summed E-state index contributed by atoms with van der Waals surface area (Å²) in [5, 5.41) is 0. The highest BCUT2D eigenvalue weighted by Gasteiger charge is 2.41. The fraction of sp³-hybridized carbons (Fsp3) is 0.857. The molecule has 13 heavy (non-hydrogen) atoms. The summed E-state index contributed by atoms with van der Waals surface area (Å²) in [6.45, 7) is 0.427. The Hall–Kier alpha value is -0.0300. The number of carbonyl (C=O) groups is 1. The van der Waals surface area contributed by atoms with Crippen LogP contribution in [0.5, 0.6) is 0 Å². The van der Waals surface area contributed by atoms with Crippen molar-refractivity contribution in [3.05, 3.63) is 0 Å². The SMILES string of the molecule is COC(=O)[C@@](N)(CCCN)C(Cl)Cl. The lowest BCUT2D eigenvalue weighted by atomic mass is 9.97. The van der Waals surface area contributed by atoms with Crippen LogP contribution in [-0.4, -0.2) is 30.0 Å².